The average molecular weight is 265 g/mol. The van der Waals surface area contributed by atoms with Gasteiger partial charge in [0.15, 0.2) is 6.17 Å². The van der Waals surface area contributed by atoms with Crippen LogP contribution in [0.5, 0.6) is 0 Å². The number of halogens is 1. The fourth-order valence-corrected chi connectivity index (χ4v) is 3.22. The van der Waals surface area contributed by atoms with E-state index < -0.39 is 0 Å². The lowest BCUT2D eigenvalue weighted by Gasteiger charge is -2.36. The van der Waals surface area contributed by atoms with Crippen LogP contribution in [-0.4, -0.2) is 21.5 Å². The monoisotopic (exact) mass is 264 g/mol. The zero-order valence-electron chi connectivity index (χ0n) is 10.4. The second-order valence-electron chi connectivity index (χ2n) is 5.30. The van der Waals surface area contributed by atoms with E-state index in [1.165, 1.54) is 5.06 Å². The molecule has 4 heteroatoms. The maximum absolute atomic E-state index is 10.5. The van der Waals surface area contributed by atoms with Crippen molar-refractivity contribution in [2.75, 3.05) is 0 Å². The number of hydroxylamine groups is 2. The van der Waals surface area contributed by atoms with Crippen molar-refractivity contribution in [1.82, 2.24) is 5.06 Å². The van der Waals surface area contributed by atoms with E-state index in [9.17, 15) is 5.21 Å². The fourth-order valence-electron chi connectivity index (χ4n) is 2.98. The van der Waals surface area contributed by atoms with Gasteiger partial charge in [-0.15, -0.1) is 0 Å². The Hall–Kier alpha value is -0.900. The molecule has 1 aromatic rings. The van der Waals surface area contributed by atoms with Crippen LogP contribution in [0.3, 0.4) is 0 Å². The summed E-state index contributed by atoms with van der Waals surface area (Å²) in [5.74, 6) is 0. The molecule has 0 bridgehead atoms. The Kier molecular flexibility index (Phi) is 2.93. The molecule has 18 heavy (non-hydrogen) atoms. The van der Waals surface area contributed by atoms with Gasteiger partial charge in [0.05, 0.1) is 5.54 Å². The van der Waals surface area contributed by atoms with Crippen LogP contribution < -0.4 is 0 Å². The first-order chi connectivity index (χ1) is 8.63. The number of hydrogen-bond donors (Lipinski definition) is 1. The maximum atomic E-state index is 10.5. The van der Waals surface area contributed by atoms with Crippen molar-refractivity contribution < 1.29 is 5.21 Å². The predicted octanol–water partition coefficient (Wildman–Crippen LogP) is 3.82. The number of fused-ring (bicyclic) bond motifs is 1. The van der Waals surface area contributed by atoms with E-state index in [-0.39, 0.29) is 11.7 Å². The molecular formula is C14H17ClN2O. The van der Waals surface area contributed by atoms with Gasteiger partial charge in [-0.05, 0) is 32.3 Å². The van der Waals surface area contributed by atoms with Crippen molar-refractivity contribution in [2.24, 2.45) is 4.99 Å². The van der Waals surface area contributed by atoms with Gasteiger partial charge in [-0.25, -0.2) is 0 Å². The third-order valence-electron chi connectivity index (χ3n) is 4.15. The highest BCUT2D eigenvalue weighted by molar-refractivity contribution is 6.31. The third kappa shape index (κ3) is 1.69. The zero-order valence-corrected chi connectivity index (χ0v) is 11.2. The van der Waals surface area contributed by atoms with Gasteiger partial charge in [0.2, 0.25) is 0 Å². The molecule has 1 aromatic carbocycles. The molecule has 0 spiro atoms. The summed E-state index contributed by atoms with van der Waals surface area (Å²) in [6.07, 6.45) is 3.90. The van der Waals surface area contributed by atoms with Gasteiger partial charge in [0.1, 0.15) is 0 Å². The predicted molar refractivity (Wildman–Crippen MR) is 72.1 cm³/mol. The summed E-state index contributed by atoms with van der Waals surface area (Å²) in [6, 6.07) is 7.60. The SMILES string of the molecule is C[C@@]12CCCCC1=N[C@@H](c1ccccc1Cl)N2O. The first-order valence-electron chi connectivity index (χ1n) is 6.43. The van der Waals surface area contributed by atoms with Crippen LogP contribution in [0.2, 0.25) is 5.02 Å². The van der Waals surface area contributed by atoms with Crippen molar-refractivity contribution in [3.63, 3.8) is 0 Å². The second kappa shape index (κ2) is 4.34. The van der Waals surface area contributed by atoms with Crippen LogP contribution in [0.4, 0.5) is 0 Å². The molecule has 2 aliphatic rings. The lowest BCUT2D eigenvalue weighted by molar-refractivity contribution is -0.168. The van der Waals surface area contributed by atoms with Crippen LogP contribution in [0.25, 0.3) is 0 Å². The summed E-state index contributed by atoms with van der Waals surface area (Å²) in [7, 11) is 0. The highest BCUT2D eigenvalue weighted by atomic mass is 35.5. The lowest BCUT2D eigenvalue weighted by Crippen LogP contribution is -2.48. The number of benzene rings is 1. The minimum absolute atomic E-state index is 0.303. The van der Waals surface area contributed by atoms with Crippen LogP contribution in [0, 0.1) is 0 Å². The normalized spacial score (nSPS) is 32.2. The topological polar surface area (TPSA) is 35.8 Å². The lowest BCUT2D eigenvalue weighted by atomic mass is 9.82. The van der Waals surface area contributed by atoms with Crippen molar-refractivity contribution in [3.05, 3.63) is 34.9 Å². The molecule has 96 valence electrons. The van der Waals surface area contributed by atoms with Gasteiger partial charge >= 0.3 is 0 Å². The van der Waals surface area contributed by atoms with E-state index in [4.69, 9.17) is 16.6 Å². The number of aliphatic imine (C=N–C) groups is 1. The molecule has 0 unspecified atom stereocenters. The van der Waals surface area contributed by atoms with Gasteiger partial charge in [-0.3, -0.25) is 4.99 Å². The number of nitrogens with zero attached hydrogens (tertiary/aromatic N) is 2. The van der Waals surface area contributed by atoms with Gasteiger partial charge < -0.3 is 5.21 Å². The molecule has 1 heterocycles. The molecular weight excluding hydrogens is 248 g/mol. The largest absolute Gasteiger partial charge is 0.311 e. The van der Waals surface area contributed by atoms with E-state index in [2.05, 4.69) is 6.92 Å². The Balaban J connectivity index is 2.01. The molecule has 1 N–H and O–H groups in total. The highest BCUT2D eigenvalue weighted by Crippen LogP contribution is 2.43. The first-order valence-corrected chi connectivity index (χ1v) is 6.80. The average Bonchev–Trinajstić information content (AvgIpc) is 2.63. The Morgan fingerprint density at radius 2 is 2.17 bits per heavy atom. The summed E-state index contributed by atoms with van der Waals surface area (Å²) in [5, 5.41) is 12.5. The maximum Gasteiger partial charge on any atom is 0.152 e. The van der Waals surface area contributed by atoms with Gasteiger partial charge in [0, 0.05) is 16.3 Å². The van der Waals surface area contributed by atoms with Crippen molar-refractivity contribution in [1.29, 1.82) is 0 Å². The van der Waals surface area contributed by atoms with Gasteiger partial charge in [-0.1, -0.05) is 36.2 Å². The standard InChI is InChI=1S/C14H17ClN2O/c1-14-9-5-4-8-12(14)16-13(17(14)18)10-6-2-3-7-11(10)15/h2-3,6-7,13,18H,4-5,8-9H2,1H3/t13-,14-/m1/s1. The van der Waals surface area contributed by atoms with Crippen molar-refractivity contribution in [2.45, 2.75) is 44.3 Å². The van der Waals surface area contributed by atoms with E-state index in [0.29, 0.717) is 5.02 Å². The second-order valence-corrected chi connectivity index (χ2v) is 5.70. The minimum Gasteiger partial charge on any atom is -0.311 e. The molecule has 0 aromatic heterocycles. The molecule has 1 aliphatic carbocycles. The number of hydrogen-bond acceptors (Lipinski definition) is 3. The Morgan fingerprint density at radius 3 is 2.89 bits per heavy atom. The Labute approximate surface area is 112 Å². The smallest absolute Gasteiger partial charge is 0.152 e. The molecule has 1 fully saturated rings. The molecule has 0 amide bonds. The molecule has 0 radical (unpaired) electrons. The molecule has 3 rings (SSSR count). The Morgan fingerprint density at radius 1 is 1.39 bits per heavy atom. The number of rotatable bonds is 1. The van der Waals surface area contributed by atoms with Crippen LogP contribution >= 0.6 is 11.6 Å². The molecule has 1 aliphatic heterocycles. The first kappa shape index (κ1) is 12.2. The molecule has 1 saturated carbocycles. The quantitative estimate of drug-likeness (QED) is 0.837. The Bertz CT molecular complexity index is 502. The highest BCUT2D eigenvalue weighted by Gasteiger charge is 2.47. The van der Waals surface area contributed by atoms with Crippen molar-refractivity contribution >= 4 is 17.3 Å². The van der Waals surface area contributed by atoms with Crippen LogP contribution in [0.1, 0.15) is 44.3 Å². The fraction of sp³-hybridized carbons (Fsp3) is 0.500. The van der Waals surface area contributed by atoms with Crippen LogP contribution in [-0.2, 0) is 0 Å². The van der Waals surface area contributed by atoms with Crippen LogP contribution in [0.15, 0.2) is 29.3 Å². The summed E-state index contributed by atoms with van der Waals surface area (Å²) in [5.41, 5.74) is 1.69. The zero-order chi connectivity index (χ0) is 12.8. The summed E-state index contributed by atoms with van der Waals surface area (Å²) < 4.78 is 0. The summed E-state index contributed by atoms with van der Waals surface area (Å²) >= 11 is 6.21. The van der Waals surface area contributed by atoms with Crippen molar-refractivity contribution in [3.8, 4) is 0 Å². The third-order valence-corrected chi connectivity index (χ3v) is 4.49. The molecule has 3 nitrogen and oxygen atoms in total. The minimum atomic E-state index is -0.350. The van der Waals surface area contributed by atoms with E-state index in [0.717, 1.165) is 37.0 Å². The van der Waals surface area contributed by atoms with Gasteiger partial charge in [0.25, 0.3) is 0 Å². The van der Waals surface area contributed by atoms with E-state index in [1.54, 1.807) is 0 Å². The van der Waals surface area contributed by atoms with Gasteiger partial charge in [-0.2, -0.15) is 5.06 Å². The summed E-state index contributed by atoms with van der Waals surface area (Å²) in [4.78, 5) is 4.70. The van der Waals surface area contributed by atoms with E-state index >= 15 is 0 Å². The summed E-state index contributed by atoms with van der Waals surface area (Å²) in [6.45, 7) is 2.07. The molecule has 0 saturated heterocycles. The van der Waals surface area contributed by atoms with E-state index in [1.807, 2.05) is 24.3 Å². The molecule has 2 atom stereocenters.